The fraction of sp³-hybridized carbons (Fsp3) is 0.133. The molecule has 0 saturated carbocycles. The number of primary amides is 1. The maximum atomic E-state index is 10.6. The van der Waals surface area contributed by atoms with Crippen molar-refractivity contribution in [3.63, 3.8) is 0 Å². The van der Waals surface area contributed by atoms with Crippen LogP contribution >= 0.6 is 0 Å². The lowest BCUT2D eigenvalue weighted by Crippen LogP contribution is -2.08. The first kappa shape index (κ1) is 13.0. The number of hydrogen-bond acceptors (Lipinski definition) is 1. The Hall–Kier alpha value is -2.09. The van der Waals surface area contributed by atoms with Crippen LogP contribution in [-0.2, 0) is 4.79 Å². The molecule has 1 aromatic carbocycles. The number of rotatable bonds is 6. The first-order valence-electron chi connectivity index (χ1n) is 5.57. The smallest absolute Gasteiger partial charge is 0.217 e. The van der Waals surface area contributed by atoms with Gasteiger partial charge < -0.3 is 5.73 Å². The Morgan fingerprint density at radius 1 is 1.29 bits per heavy atom. The van der Waals surface area contributed by atoms with Crippen molar-refractivity contribution in [2.45, 2.75) is 12.8 Å². The summed E-state index contributed by atoms with van der Waals surface area (Å²) >= 11 is 0. The molecular weight excluding hydrogens is 210 g/mol. The molecule has 0 heterocycles. The van der Waals surface area contributed by atoms with Crippen LogP contribution in [0, 0.1) is 0 Å². The van der Waals surface area contributed by atoms with Crippen LogP contribution in [-0.4, -0.2) is 5.91 Å². The van der Waals surface area contributed by atoms with Gasteiger partial charge in [0.25, 0.3) is 0 Å². The topological polar surface area (TPSA) is 43.1 Å². The summed E-state index contributed by atoms with van der Waals surface area (Å²) in [5.41, 5.74) is 7.28. The normalized spacial score (nSPS) is 11.6. The molecule has 1 aromatic rings. The van der Waals surface area contributed by atoms with Crippen LogP contribution in [0.4, 0.5) is 0 Å². The van der Waals surface area contributed by atoms with Crippen molar-refractivity contribution in [2.75, 3.05) is 0 Å². The minimum Gasteiger partial charge on any atom is -0.370 e. The summed E-state index contributed by atoms with van der Waals surface area (Å²) in [6.07, 6.45) is 8.67. The van der Waals surface area contributed by atoms with Crippen LogP contribution in [0.3, 0.4) is 0 Å². The molecule has 1 amide bonds. The zero-order valence-electron chi connectivity index (χ0n) is 9.80. The van der Waals surface area contributed by atoms with E-state index < -0.39 is 0 Å². The number of benzene rings is 1. The Labute approximate surface area is 102 Å². The molecule has 0 aliphatic heterocycles. The molecule has 0 fully saturated rings. The molecule has 2 heteroatoms. The third-order valence-corrected chi connectivity index (χ3v) is 2.26. The lowest BCUT2D eigenvalue weighted by Gasteiger charge is -2.01. The summed E-state index contributed by atoms with van der Waals surface area (Å²) in [7, 11) is 0. The predicted molar refractivity (Wildman–Crippen MR) is 72.2 cm³/mol. The van der Waals surface area contributed by atoms with E-state index >= 15 is 0 Å². The molecule has 0 bridgehead atoms. The fourth-order valence-electron chi connectivity index (χ4n) is 1.44. The van der Waals surface area contributed by atoms with Gasteiger partial charge in [-0.3, -0.25) is 4.79 Å². The number of carbonyl (C=O) groups excluding carboxylic acids is 1. The van der Waals surface area contributed by atoms with Crippen LogP contribution in [0.2, 0.25) is 0 Å². The zero-order valence-corrected chi connectivity index (χ0v) is 9.80. The van der Waals surface area contributed by atoms with Crippen molar-refractivity contribution in [2.24, 2.45) is 5.73 Å². The second kappa shape index (κ2) is 7.23. The van der Waals surface area contributed by atoms with E-state index in [9.17, 15) is 4.79 Å². The Bertz CT molecular complexity index is 429. The van der Waals surface area contributed by atoms with Crippen molar-refractivity contribution in [1.29, 1.82) is 0 Å². The maximum Gasteiger partial charge on any atom is 0.217 e. The molecule has 1 rings (SSSR count). The summed E-state index contributed by atoms with van der Waals surface area (Å²) in [5, 5.41) is 0. The number of hydrogen-bond donors (Lipinski definition) is 1. The van der Waals surface area contributed by atoms with Crippen molar-refractivity contribution in [1.82, 2.24) is 0 Å². The van der Waals surface area contributed by atoms with E-state index in [1.807, 2.05) is 48.6 Å². The first-order valence-corrected chi connectivity index (χ1v) is 5.57. The molecule has 88 valence electrons. The molecular formula is C15H17NO. The molecule has 2 N–H and O–H groups in total. The third-order valence-electron chi connectivity index (χ3n) is 2.26. The number of nitrogens with two attached hydrogens (primary N) is 1. The monoisotopic (exact) mass is 227 g/mol. The van der Waals surface area contributed by atoms with Crippen LogP contribution in [0.25, 0.3) is 5.57 Å². The summed E-state index contributed by atoms with van der Waals surface area (Å²) in [4.78, 5) is 10.6. The van der Waals surface area contributed by atoms with E-state index in [4.69, 9.17) is 5.73 Å². The van der Waals surface area contributed by atoms with E-state index in [2.05, 4.69) is 6.58 Å². The van der Waals surface area contributed by atoms with E-state index in [0.29, 0.717) is 12.8 Å². The molecule has 0 aliphatic rings. The van der Waals surface area contributed by atoms with Gasteiger partial charge in [0.2, 0.25) is 5.91 Å². The van der Waals surface area contributed by atoms with Crippen molar-refractivity contribution < 1.29 is 4.79 Å². The zero-order chi connectivity index (χ0) is 12.5. The summed E-state index contributed by atoms with van der Waals surface area (Å²) in [5.74, 6) is -0.274. The summed E-state index contributed by atoms with van der Waals surface area (Å²) in [6, 6.07) is 10.0. The van der Waals surface area contributed by atoms with Crippen molar-refractivity contribution in [3.8, 4) is 0 Å². The van der Waals surface area contributed by atoms with Crippen molar-refractivity contribution >= 4 is 11.5 Å². The van der Waals surface area contributed by atoms with Gasteiger partial charge in [0, 0.05) is 6.42 Å². The molecule has 0 unspecified atom stereocenters. The number of allylic oxidation sites excluding steroid dienone is 5. The fourth-order valence-corrected chi connectivity index (χ4v) is 1.44. The summed E-state index contributed by atoms with van der Waals surface area (Å²) < 4.78 is 0. The Morgan fingerprint density at radius 2 is 2.00 bits per heavy atom. The Kier molecular flexibility index (Phi) is 5.52. The SMILES string of the molecule is C=C/C=C(\C=C/CCC(N)=O)c1ccccc1. The highest BCUT2D eigenvalue weighted by Gasteiger charge is 1.95. The molecule has 0 spiro atoms. The molecule has 2 nitrogen and oxygen atoms in total. The minimum atomic E-state index is -0.274. The van der Waals surface area contributed by atoms with Gasteiger partial charge in [0.1, 0.15) is 0 Å². The third kappa shape index (κ3) is 4.98. The average Bonchev–Trinajstić information content (AvgIpc) is 2.34. The molecule has 0 aromatic heterocycles. The quantitative estimate of drug-likeness (QED) is 0.746. The van der Waals surface area contributed by atoms with Gasteiger partial charge in [-0.2, -0.15) is 0 Å². The largest absolute Gasteiger partial charge is 0.370 e. The molecule has 0 aliphatic carbocycles. The minimum absolute atomic E-state index is 0.274. The molecule has 17 heavy (non-hydrogen) atoms. The van der Waals surface area contributed by atoms with E-state index in [0.717, 1.165) is 11.1 Å². The van der Waals surface area contributed by atoms with Crippen LogP contribution in [0.5, 0.6) is 0 Å². The number of amides is 1. The van der Waals surface area contributed by atoms with Crippen LogP contribution in [0.1, 0.15) is 18.4 Å². The summed E-state index contributed by atoms with van der Waals surface area (Å²) in [6.45, 7) is 3.70. The van der Waals surface area contributed by atoms with Gasteiger partial charge in [-0.05, 0) is 17.6 Å². The number of carbonyl (C=O) groups is 1. The molecule has 0 saturated heterocycles. The second-order valence-corrected chi connectivity index (χ2v) is 3.63. The van der Waals surface area contributed by atoms with Crippen LogP contribution in [0.15, 0.2) is 61.2 Å². The lowest BCUT2D eigenvalue weighted by atomic mass is 10.0. The Balaban J connectivity index is 2.72. The molecule has 0 atom stereocenters. The van der Waals surface area contributed by atoms with Crippen LogP contribution < -0.4 is 5.73 Å². The van der Waals surface area contributed by atoms with Gasteiger partial charge in [-0.25, -0.2) is 0 Å². The van der Waals surface area contributed by atoms with Gasteiger partial charge in [-0.15, -0.1) is 0 Å². The highest BCUT2D eigenvalue weighted by atomic mass is 16.1. The predicted octanol–water partition coefficient (Wildman–Crippen LogP) is 3.08. The van der Waals surface area contributed by atoms with E-state index in [1.165, 1.54) is 0 Å². The van der Waals surface area contributed by atoms with Gasteiger partial charge in [0.05, 0.1) is 0 Å². The lowest BCUT2D eigenvalue weighted by molar-refractivity contribution is -0.117. The Morgan fingerprint density at radius 3 is 2.59 bits per heavy atom. The second-order valence-electron chi connectivity index (χ2n) is 3.63. The van der Waals surface area contributed by atoms with E-state index in [1.54, 1.807) is 6.08 Å². The van der Waals surface area contributed by atoms with Gasteiger partial charge >= 0.3 is 0 Å². The maximum absolute atomic E-state index is 10.6. The first-order chi connectivity index (χ1) is 8.24. The van der Waals surface area contributed by atoms with E-state index in [-0.39, 0.29) is 5.91 Å². The highest BCUT2D eigenvalue weighted by Crippen LogP contribution is 2.15. The highest BCUT2D eigenvalue weighted by molar-refractivity contribution is 5.76. The van der Waals surface area contributed by atoms with Gasteiger partial charge in [0.15, 0.2) is 0 Å². The van der Waals surface area contributed by atoms with Gasteiger partial charge in [-0.1, -0.05) is 61.2 Å². The van der Waals surface area contributed by atoms with Crippen molar-refractivity contribution in [3.05, 3.63) is 66.8 Å². The molecule has 0 radical (unpaired) electrons. The standard InChI is InChI=1S/C15H17NO/c1-2-8-13(11-6-7-12-15(16)17)14-9-4-3-5-10-14/h2-6,8-11H,1,7,12H2,(H2,16,17)/b11-6-,13-8+. The average molecular weight is 227 g/mol.